The number of rotatable bonds is 13. The van der Waals surface area contributed by atoms with Crippen molar-refractivity contribution in [2.24, 2.45) is 23.7 Å². The zero-order chi connectivity index (χ0) is 29.2. The standard InChI is InChI=1S/C30H43F4N5O2/c1-2-5-21-12-22(16-35-15-20-8-10-25(40)11-9-20)14-23(13-21)17-36-28-26(31)19-38-29(39-28)37-18-24-6-3-4-7-27(24)41-30(32,33)34/h3-4,6-7,19-23,25,35,40H,2,5,8-18H2,1H3,(H2,36,37,38,39)/t20?,21?,22-,23-,25?/m1/s1. The molecule has 0 aliphatic heterocycles. The molecule has 41 heavy (non-hydrogen) atoms. The summed E-state index contributed by atoms with van der Waals surface area (Å²) in [6.45, 7) is 4.76. The number of para-hydroxylation sites is 1. The lowest BCUT2D eigenvalue weighted by molar-refractivity contribution is -0.274. The van der Waals surface area contributed by atoms with E-state index in [-0.39, 0.29) is 35.7 Å². The Morgan fingerprint density at radius 2 is 1.61 bits per heavy atom. The van der Waals surface area contributed by atoms with Crippen LogP contribution in [0, 0.1) is 29.5 Å². The molecule has 4 rings (SSSR count). The molecule has 4 N–H and O–H groups in total. The maximum absolute atomic E-state index is 14.6. The van der Waals surface area contributed by atoms with E-state index in [1.807, 2.05) is 0 Å². The van der Waals surface area contributed by atoms with Crippen molar-refractivity contribution < 1.29 is 27.4 Å². The van der Waals surface area contributed by atoms with Crippen molar-refractivity contribution in [3.05, 3.63) is 41.8 Å². The van der Waals surface area contributed by atoms with E-state index < -0.39 is 12.2 Å². The summed E-state index contributed by atoms with van der Waals surface area (Å²) in [4.78, 5) is 8.21. The van der Waals surface area contributed by atoms with Crippen LogP contribution >= 0.6 is 0 Å². The molecule has 1 aromatic carbocycles. The fourth-order valence-corrected chi connectivity index (χ4v) is 6.39. The second-order valence-corrected chi connectivity index (χ2v) is 11.7. The highest BCUT2D eigenvalue weighted by atomic mass is 19.4. The van der Waals surface area contributed by atoms with Gasteiger partial charge in [0.1, 0.15) is 5.75 Å². The van der Waals surface area contributed by atoms with Gasteiger partial charge in [-0.3, -0.25) is 0 Å². The second-order valence-electron chi connectivity index (χ2n) is 11.7. The van der Waals surface area contributed by atoms with Crippen LogP contribution in [-0.4, -0.2) is 47.2 Å². The first-order valence-corrected chi connectivity index (χ1v) is 14.9. The Balaban J connectivity index is 1.30. The van der Waals surface area contributed by atoms with E-state index in [1.165, 1.54) is 31.0 Å². The van der Waals surface area contributed by atoms with Crippen molar-refractivity contribution in [2.75, 3.05) is 30.3 Å². The fourth-order valence-electron chi connectivity index (χ4n) is 6.39. The molecular formula is C30H43F4N5O2. The zero-order valence-electron chi connectivity index (χ0n) is 23.7. The number of ether oxygens (including phenoxy) is 1. The molecule has 2 aliphatic rings. The molecule has 0 radical (unpaired) electrons. The molecule has 228 valence electrons. The molecule has 2 aliphatic carbocycles. The molecule has 1 unspecified atom stereocenters. The summed E-state index contributed by atoms with van der Waals surface area (Å²) in [6, 6.07) is 5.82. The number of nitrogens with one attached hydrogen (secondary N) is 3. The highest BCUT2D eigenvalue weighted by Gasteiger charge is 2.32. The predicted octanol–water partition coefficient (Wildman–Crippen LogP) is 6.51. The molecule has 0 spiro atoms. The first kappa shape index (κ1) is 31.3. The van der Waals surface area contributed by atoms with Gasteiger partial charge in [0.25, 0.3) is 0 Å². The summed E-state index contributed by atoms with van der Waals surface area (Å²) in [5.41, 5.74) is 0.275. The van der Waals surface area contributed by atoms with Crippen molar-refractivity contribution in [1.29, 1.82) is 0 Å². The minimum atomic E-state index is -4.80. The van der Waals surface area contributed by atoms with Crippen molar-refractivity contribution >= 4 is 11.8 Å². The van der Waals surface area contributed by atoms with E-state index in [0.29, 0.717) is 30.2 Å². The Bertz CT molecular complexity index is 1080. The number of aliphatic hydroxyl groups excluding tert-OH is 1. The van der Waals surface area contributed by atoms with Gasteiger partial charge in [-0.2, -0.15) is 4.98 Å². The third-order valence-corrected chi connectivity index (χ3v) is 8.32. The van der Waals surface area contributed by atoms with E-state index in [2.05, 4.69) is 37.6 Å². The largest absolute Gasteiger partial charge is 0.573 e. The number of hydrogen-bond acceptors (Lipinski definition) is 7. The lowest BCUT2D eigenvalue weighted by atomic mass is 9.73. The van der Waals surface area contributed by atoms with Crippen molar-refractivity contribution in [3.8, 4) is 5.75 Å². The smallest absolute Gasteiger partial charge is 0.405 e. The zero-order valence-corrected chi connectivity index (χ0v) is 23.7. The average Bonchev–Trinajstić information content (AvgIpc) is 2.93. The van der Waals surface area contributed by atoms with E-state index in [4.69, 9.17) is 0 Å². The molecule has 11 heteroatoms. The van der Waals surface area contributed by atoms with Gasteiger partial charge in [-0.1, -0.05) is 38.0 Å². The predicted molar refractivity (Wildman–Crippen MR) is 151 cm³/mol. The number of alkyl halides is 3. The van der Waals surface area contributed by atoms with Crippen LogP contribution in [0.2, 0.25) is 0 Å². The molecule has 2 saturated carbocycles. The van der Waals surface area contributed by atoms with Gasteiger partial charge in [0.2, 0.25) is 5.95 Å². The summed E-state index contributed by atoms with van der Waals surface area (Å²) in [5.74, 6) is 1.53. The minimum absolute atomic E-state index is 0.0191. The Kier molecular flexibility index (Phi) is 11.4. The molecule has 7 nitrogen and oxygen atoms in total. The van der Waals surface area contributed by atoms with Crippen LogP contribution in [0.4, 0.5) is 29.3 Å². The van der Waals surface area contributed by atoms with E-state index in [9.17, 15) is 22.7 Å². The molecule has 1 heterocycles. The molecule has 2 fully saturated rings. The average molecular weight is 582 g/mol. The summed E-state index contributed by atoms with van der Waals surface area (Å²) in [6.07, 6.45) is 5.77. The van der Waals surface area contributed by atoms with E-state index in [1.54, 1.807) is 6.07 Å². The lowest BCUT2D eigenvalue weighted by Gasteiger charge is -2.36. The van der Waals surface area contributed by atoms with Crippen LogP contribution in [0.1, 0.15) is 70.3 Å². The van der Waals surface area contributed by atoms with Gasteiger partial charge in [-0.05, 0) is 87.8 Å². The van der Waals surface area contributed by atoms with Crippen LogP contribution in [0.5, 0.6) is 5.75 Å². The molecule has 2 aromatic rings. The minimum Gasteiger partial charge on any atom is -0.405 e. The maximum atomic E-state index is 14.6. The summed E-state index contributed by atoms with van der Waals surface area (Å²) >= 11 is 0. The lowest BCUT2D eigenvalue weighted by Crippen LogP contribution is -2.36. The fraction of sp³-hybridized carbons (Fsp3) is 0.667. The van der Waals surface area contributed by atoms with Crippen LogP contribution in [0.15, 0.2) is 30.5 Å². The summed E-state index contributed by atoms with van der Waals surface area (Å²) in [5, 5.41) is 19.5. The number of hydrogen-bond donors (Lipinski definition) is 4. The molecule has 3 atom stereocenters. The van der Waals surface area contributed by atoms with Gasteiger partial charge in [-0.15, -0.1) is 13.2 Å². The third-order valence-electron chi connectivity index (χ3n) is 8.32. The van der Waals surface area contributed by atoms with E-state index in [0.717, 1.165) is 64.2 Å². The van der Waals surface area contributed by atoms with Gasteiger partial charge in [0, 0.05) is 18.7 Å². The summed E-state index contributed by atoms with van der Waals surface area (Å²) < 4.78 is 56.9. The molecule has 0 amide bonds. The van der Waals surface area contributed by atoms with Crippen LogP contribution in [0.3, 0.4) is 0 Å². The number of aliphatic hydroxyl groups is 1. The Morgan fingerprint density at radius 1 is 0.927 bits per heavy atom. The van der Waals surface area contributed by atoms with Crippen LogP contribution in [-0.2, 0) is 6.54 Å². The highest BCUT2D eigenvalue weighted by molar-refractivity contribution is 5.42. The quantitative estimate of drug-likeness (QED) is 0.201. The number of halogens is 4. The third kappa shape index (κ3) is 10.3. The first-order valence-electron chi connectivity index (χ1n) is 14.9. The summed E-state index contributed by atoms with van der Waals surface area (Å²) in [7, 11) is 0. The van der Waals surface area contributed by atoms with Crippen molar-refractivity contribution in [1.82, 2.24) is 15.3 Å². The van der Waals surface area contributed by atoms with E-state index >= 15 is 0 Å². The van der Waals surface area contributed by atoms with Gasteiger partial charge in [-0.25, -0.2) is 9.37 Å². The van der Waals surface area contributed by atoms with Gasteiger partial charge < -0.3 is 25.8 Å². The Labute approximate surface area is 239 Å². The van der Waals surface area contributed by atoms with Crippen molar-refractivity contribution in [3.63, 3.8) is 0 Å². The number of nitrogens with zero attached hydrogens (tertiary/aromatic N) is 2. The van der Waals surface area contributed by atoms with Gasteiger partial charge in [0.05, 0.1) is 12.3 Å². The first-order chi connectivity index (χ1) is 19.7. The normalized spacial score (nSPS) is 25.1. The SMILES string of the molecule is CCCC1C[C@@H](CNCC2CCC(O)CC2)C[C@H](CNc2nc(NCc3ccccc3OC(F)(F)F)ncc2F)C1. The Hall–Kier alpha value is -2.66. The maximum Gasteiger partial charge on any atom is 0.573 e. The van der Waals surface area contributed by atoms with Gasteiger partial charge in [0.15, 0.2) is 11.6 Å². The van der Waals surface area contributed by atoms with Crippen molar-refractivity contribution in [2.45, 2.75) is 83.7 Å². The second kappa shape index (κ2) is 15.0. The highest BCUT2D eigenvalue weighted by Crippen LogP contribution is 2.36. The number of benzene rings is 1. The molecular weight excluding hydrogens is 538 g/mol. The molecule has 1 aromatic heterocycles. The number of anilines is 2. The molecule has 0 saturated heterocycles. The topological polar surface area (TPSA) is 91.3 Å². The van der Waals surface area contributed by atoms with Gasteiger partial charge >= 0.3 is 6.36 Å². The Morgan fingerprint density at radius 3 is 2.34 bits per heavy atom. The van der Waals surface area contributed by atoms with Crippen LogP contribution < -0.4 is 20.7 Å². The monoisotopic (exact) mass is 581 g/mol. The number of aromatic nitrogens is 2. The molecule has 0 bridgehead atoms. The van der Waals surface area contributed by atoms with Crippen LogP contribution in [0.25, 0.3) is 0 Å².